The molecule has 0 spiro atoms. The van der Waals surface area contributed by atoms with Crippen molar-refractivity contribution < 1.29 is 4.42 Å². The first-order valence-electron chi connectivity index (χ1n) is 5.88. The van der Waals surface area contributed by atoms with Crippen molar-refractivity contribution in [2.45, 2.75) is 32.7 Å². The van der Waals surface area contributed by atoms with E-state index in [1.807, 2.05) is 6.92 Å². The van der Waals surface area contributed by atoms with Gasteiger partial charge in [0.1, 0.15) is 6.26 Å². The van der Waals surface area contributed by atoms with E-state index in [4.69, 9.17) is 10.2 Å². The molecule has 3 nitrogen and oxygen atoms in total. The molecule has 0 saturated carbocycles. The smallest absolute Gasteiger partial charge is 0.198 e. The number of nitrogens with two attached hydrogens (primary N) is 1. The summed E-state index contributed by atoms with van der Waals surface area (Å²) in [6.07, 6.45) is 3.20. The van der Waals surface area contributed by atoms with E-state index in [1.54, 1.807) is 6.26 Å². The molecule has 0 aliphatic heterocycles. The summed E-state index contributed by atoms with van der Waals surface area (Å²) in [7, 11) is 0. The summed E-state index contributed by atoms with van der Waals surface area (Å²) in [5.74, 6) is 0.754. The highest BCUT2D eigenvalue weighted by Gasteiger charge is 2.06. The van der Waals surface area contributed by atoms with Crippen molar-refractivity contribution in [3.63, 3.8) is 0 Å². The minimum absolute atomic E-state index is 0.118. The Morgan fingerprint density at radius 2 is 2.00 bits per heavy atom. The van der Waals surface area contributed by atoms with Crippen LogP contribution in [-0.2, 0) is 12.8 Å². The van der Waals surface area contributed by atoms with Gasteiger partial charge in [0.2, 0.25) is 0 Å². The van der Waals surface area contributed by atoms with Crippen molar-refractivity contribution in [1.82, 2.24) is 4.98 Å². The van der Waals surface area contributed by atoms with Gasteiger partial charge in [-0.15, -0.1) is 0 Å². The number of aromatic nitrogens is 1. The van der Waals surface area contributed by atoms with E-state index in [0.29, 0.717) is 0 Å². The van der Waals surface area contributed by atoms with Crippen molar-refractivity contribution in [2.75, 3.05) is 0 Å². The molecule has 3 heteroatoms. The van der Waals surface area contributed by atoms with Crippen LogP contribution in [0.25, 0.3) is 0 Å². The van der Waals surface area contributed by atoms with Crippen LogP contribution in [0.5, 0.6) is 0 Å². The molecule has 0 aliphatic carbocycles. The van der Waals surface area contributed by atoms with E-state index in [-0.39, 0.29) is 6.04 Å². The van der Waals surface area contributed by atoms with Gasteiger partial charge in [0.25, 0.3) is 0 Å². The molecule has 0 radical (unpaired) electrons. The summed E-state index contributed by atoms with van der Waals surface area (Å²) >= 11 is 0. The van der Waals surface area contributed by atoms with Crippen molar-refractivity contribution >= 4 is 0 Å². The number of oxazole rings is 1. The van der Waals surface area contributed by atoms with Crippen LogP contribution in [0.1, 0.15) is 29.6 Å². The van der Waals surface area contributed by atoms with E-state index >= 15 is 0 Å². The predicted molar refractivity (Wildman–Crippen MR) is 67.8 cm³/mol. The molecule has 1 aromatic heterocycles. The van der Waals surface area contributed by atoms with Gasteiger partial charge in [-0.1, -0.05) is 29.8 Å². The standard InChI is InChI=1S/C14H18N2O/c1-10-3-5-12(6-4-10)8-14-16-13(9-17-14)7-11(2)15/h3-6,9,11H,7-8,15H2,1-2H3. The molecule has 0 saturated heterocycles. The molecule has 0 bridgehead atoms. The number of rotatable bonds is 4. The highest BCUT2D eigenvalue weighted by molar-refractivity contribution is 5.23. The second kappa shape index (κ2) is 5.15. The van der Waals surface area contributed by atoms with Crippen LogP contribution in [0.3, 0.4) is 0 Å². The molecule has 2 N–H and O–H groups in total. The van der Waals surface area contributed by atoms with Gasteiger partial charge in [-0.3, -0.25) is 0 Å². The Morgan fingerprint density at radius 1 is 1.29 bits per heavy atom. The maximum absolute atomic E-state index is 5.72. The van der Waals surface area contributed by atoms with Gasteiger partial charge in [-0.2, -0.15) is 0 Å². The van der Waals surface area contributed by atoms with Crippen molar-refractivity contribution in [2.24, 2.45) is 5.73 Å². The minimum atomic E-state index is 0.118. The Bertz CT molecular complexity index is 471. The Morgan fingerprint density at radius 3 is 2.65 bits per heavy atom. The molecule has 1 aromatic carbocycles. The van der Waals surface area contributed by atoms with Gasteiger partial charge < -0.3 is 10.2 Å². The molecule has 1 atom stereocenters. The zero-order valence-electron chi connectivity index (χ0n) is 10.3. The minimum Gasteiger partial charge on any atom is -0.448 e. The normalized spacial score (nSPS) is 12.6. The number of aryl methyl sites for hydroxylation is 1. The van der Waals surface area contributed by atoms with Crippen LogP contribution in [0.15, 0.2) is 34.9 Å². The SMILES string of the molecule is Cc1ccc(Cc2nc(CC(C)N)co2)cc1. The number of nitrogens with zero attached hydrogens (tertiary/aromatic N) is 1. The fourth-order valence-corrected chi connectivity index (χ4v) is 1.73. The maximum Gasteiger partial charge on any atom is 0.198 e. The van der Waals surface area contributed by atoms with Crippen LogP contribution in [0, 0.1) is 6.92 Å². The predicted octanol–water partition coefficient (Wildman–Crippen LogP) is 2.46. The highest BCUT2D eigenvalue weighted by Crippen LogP contribution is 2.11. The van der Waals surface area contributed by atoms with E-state index in [9.17, 15) is 0 Å². The summed E-state index contributed by atoms with van der Waals surface area (Å²) in [5.41, 5.74) is 9.13. The van der Waals surface area contributed by atoms with Crippen LogP contribution in [0.2, 0.25) is 0 Å². The average Bonchev–Trinajstić information content (AvgIpc) is 2.68. The molecule has 1 unspecified atom stereocenters. The molecule has 17 heavy (non-hydrogen) atoms. The second-order valence-corrected chi connectivity index (χ2v) is 4.58. The van der Waals surface area contributed by atoms with Gasteiger partial charge in [-0.25, -0.2) is 4.98 Å². The molecule has 90 valence electrons. The lowest BCUT2D eigenvalue weighted by Gasteiger charge is -1.99. The van der Waals surface area contributed by atoms with Crippen LogP contribution in [-0.4, -0.2) is 11.0 Å². The van der Waals surface area contributed by atoms with Gasteiger partial charge in [0, 0.05) is 18.9 Å². The Kier molecular flexibility index (Phi) is 3.59. The molecule has 0 amide bonds. The molecular formula is C14H18N2O. The molecule has 1 heterocycles. The van der Waals surface area contributed by atoms with E-state index in [2.05, 4.69) is 36.2 Å². The summed E-state index contributed by atoms with van der Waals surface area (Å²) in [6, 6.07) is 8.52. The Hall–Kier alpha value is -1.61. The summed E-state index contributed by atoms with van der Waals surface area (Å²) in [5, 5.41) is 0. The Balaban J connectivity index is 2.03. The van der Waals surface area contributed by atoms with E-state index in [1.165, 1.54) is 11.1 Å². The zero-order valence-corrected chi connectivity index (χ0v) is 10.3. The lowest BCUT2D eigenvalue weighted by molar-refractivity contribution is 0.506. The topological polar surface area (TPSA) is 52.0 Å². The molecular weight excluding hydrogens is 212 g/mol. The van der Waals surface area contributed by atoms with Crippen LogP contribution >= 0.6 is 0 Å². The first-order chi connectivity index (χ1) is 8.13. The monoisotopic (exact) mass is 230 g/mol. The lowest BCUT2D eigenvalue weighted by Crippen LogP contribution is -2.17. The molecule has 2 rings (SSSR count). The van der Waals surface area contributed by atoms with Crippen molar-refractivity contribution in [3.05, 3.63) is 53.2 Å². The van der Waals surface area contributed by atoms with E-state index in [0.717, 1.165) is 24.4 Å². The first kappa shape index (κ1) is 11.9. The van der Waals surface area contributed by atoms with Gasteiger partial charge >= 0.3 is 0 Å². The highest BCUT2D eigenvalue weighted by atomic mass is 16.3. The molecule has 0 aliphatic rings. The largest absolute Gasteiger partial charge is 0.448 e. The average molecular weight is 230 g/mol. The molecule has 0 fully saturated rings. The second-order valence-electron chi connectivity index (χ2n) is 4.58. The van der Waals surface area contributed by atoms with Crippen LogP contribution in [0.4, 0.5) is 0 Å². The summed E-state index contributed by atoms with van der Waals surface area (Å²) in [6.45, 7) is 4.05. The first-order valence-corrected chi connectivity index (χ1v) is 5.88. The third kappa shape index (κ3) is 3.43. The third-order valence-corrected chi connectivity index (χ3v) is 2.61. The number of benzene rings is 1. The van der Waals surface area contributed by atoms with Gasteiger partial charge in [0.15, 0.2) is 5.89 Å². The summed E-state index contributed by atoms with van der Waals surface area (Å²) < 4.78 is 5.43. The lowest BCUT2D eigenvalue weighted by atomic mass is 10.1. The number of hydrogen-bond donors (Lipinski definition) is 1. The maximum atomic E-state index is 5.72. The van der Waals surface area contributed by atoms with E-state index < -0.39 is 0 Å². The van der Waals surface area contributed by atoms with Crippen LogP contribution < -0.4 is 5.73 Å². The third-order valence-electron chi connectivity index (χ3n) is 2.61. The van der Waals surface area contributed by atoms with Crippen molar-refractivity contribution in [1.29, 1.82) is 0 Å². The van der Waals surface area contributed by atoms with Gasteiger partial charge in [0.05, 0.1) is 5.69 Å². The zero-order chi connectivity index (χ0) is 12.3. The number of hydrogen-bond acceptors (Lipinski definition) is 3. The Labute approximate surface area is 102 Å². The van der Waals surface area contributed by atoms with Gasteiger partial charge in [-0.05, 0) is 19.4 Å². The fourth-order valence-electron chi connectivity index (χ4n) is 1.73. The van der Waals surface area contributed by atoms with Crippen molar-refractivity contribution in [3.8, 4) is 0 Å². The quantitative estimate of drug-likeness (QED) is 0.877. The fraction of sp³-hybridized carbons (Fsp3) is 0.357. The molecule has 2 aromatic rings. The summed E-state index contributed by atoms with van der Waals surface area (Å²) in [4.78, 5) is 4.42.